The minimum absolute atomic E-state index is 0.267. The molecule has 0 aliphatic rings. The highest BCUT2D eigenvalue weighted by Gasteiger charge is 2.21. The number of ether oxygens (including phenoxy) is 2. The Kier molecular flexibility index (Phi) is 7.41. The van der Waals surface area contributed by atoms with E-state index in [4.69, 9.17) is 9.47 Å². The molecule has 0 bridgehead atoms. The lowest BCUT2D eigenvalue weighted by molar-refractivity contribution is -0.128. The van der Waals surface area contributed by atoms with E-state index >= 15 is 0 Å². The lowest BCUT2D eigenvalue weighted by atomic mass is 10.2. The molecule has 1 amide bonds. The molecule has 6 heteroatoms. The van der Waals surface area contributed by atoms with Gasteiger partial charge in [0.25, 0.3) is 5.91 Å². The van der Waals surface area contributed by atoms with Gasteiger partial charge in [0.1, 0.15) is 17.9 Å². The summed E-state index contributed by atoms with van der Waals surface area (Å²) in [6.45, 7) is 5.64. The molecule has 1 N–H and O–H groups in total. The van der Waals surface area contributed by atoms with Crippen LogP contribution < -0.4 is 10.1 Å². The minimum Gasteiger partial charge on any atom is -0.488 e. The Labute approximate surface area is 161 Å². The first-order valence-corrected chi connectivity index (χ1v) is 8.87. The highest BCUT2D eigenvalue weighted by molar-refractivity contribution is 9.10. The molecule has 0 aromatic heterocycles. The fraction of sp³-hybridized carbons (Fsp3) is 0.200. The van der Waals surface area contributed by atoms with Crippen LogP contribution in [0.15, 0.2) is 65.7 Å². The lowest BCUT2D eigenvalue weighted by Crippen LogP contribution is -2.35. The van der Waals surface area contributed by atoms with Crippen LogP contribution in [0.25, 0.3) is 0 Å². The summed E-state index contributed by atoms with van der Waals surface area (Å²) < 4.78 is 11.9. The van der Waals surface area contributed by atoms with Gasteiger partial charge in [0.05, 0.1) is 0 Å². The fourth-order valence-corrected chi connectivity index (χ4v) is 2.53. The third-order valence-electron chi connectivity index (χ3n) is 3.52. The number of hydrogen-bond acceptors (Lipinski definition) is 4. The van der Waals surface area contributed by atoms with Gasteiger partial charge < -0.3 is 14.8 Å². The smallest absolute Gasteiger partial charge is 0.342 e. The second-order valence-corrected chi connectivity index (χ2v) is 6.31. The van der Waals surface area contributed by atoms with Crippen LogP contribution in [-0.2, 0) is 16.1 Å². The number of nitrogens with one attached hydrogen (secondary N) is 1. The number of amides is 1. The van der Waals surface area contributed by atoms with Crippen molar-refractivity contribution in [3.8, 4) is 5.75 Å². The number of carbonyl (C=O) groups is 2. The number of hydrogen-bond donors (Lipinski definition) is 1. The van der Waals surface area contributed by atoms with E-state index in [-0.39, 0.29) is 11.5 Å². The van der Waals surface area contributed by atoms with Crippen molar-refractivity contribution in [2.24, 2.45) is 0 Å². The maximum Gasteiger partial charge on any atom is 0.342 e. The van der Waals surface area contributed by atoms with Gasteiger partial charge in [0, 0.05) is 16.6 Å². The number of halogens is 1. The van der Waals surface area contributed by atoms with Gasteiger partial charge in [-0.05, 0) is 25.1 Å². The maximum absolute atomic E-state index is 12.4. The lowest BCUT2D eigenvalue weighted by Gasteiger charge is -2.15. The molecule has 2 aromatic carbocycles. The van der Waals surface area contributed by atoms with Crippen LogP contribution in [0.4, 0.5) is 0 Å². The topological polar surface area (TPSA) is 64.6 Å². The van der Waals surface area contributed by atoms with Crippen LogP contribution in [0.1, 0.15) is 22.8 Å². The van der Waals surface area contributed by atoms with Crippen LogP contribution in [0.5, 0.6) is 5.75 Å². The Hall–Kier alpha value is -2.60. The van der Waals surface area contributed by atoms with Gasteiger partial charge >= 0.3 is 5.97 Å². The molecule has 0 radical (unpaired) electrons. The number of rotatable bonds is 8. The highest BCUT2D eigenvalue weighted by atomic mass is 79.9. The van der Waals surface area contributed by atoms with Crippen LogP contribution >= 0.6 is 15.9 Å². The van der Waals surface area contributed by atoms with Crippen molar-refractivity contribution in [3.63, 3.8) is 0 Å². The number of esters is 1. The minimum atomic E-state index is -0.918. The van der Waals surface area contributed by atoms with Gasteiger partial charge in [-0.1, -0.05) is 52.3 Å². The first kappa shape index (κ1) is 19.7. The zero-order valence-electron chi connectivity index (χ0n) is 14.4. The van der Waals surface area contributed by atoms with Crippen LogP contribution in [0.2, 0.25) is 0 Å². The summed E-state index contributed by atoms with van der Waals surface area (Å²) >= 11 is 3.46. The first-order chi connectivity index (χ1) is 12.5. The van der Waals surface area contributed by atoms with Crippen molar-refractivity contribution in [2.45, 2.75) is 19.6 Å². The Morgan fingerprint density at radius 3 is 2.62 bits per heavy atom. The van der Waals surface area contributed by atoms with Crippen LogP contribution in [0.3, 0.4) is 0 Å². The van der Waals surface area contributed by atoms with Gasteiger partial charge in [0.15, 0.2) is 6.10 Å². The molecule has 0 heterocycles. The second kappa shape index (κ2) is 9.77. The van der Waals surface area contributed by atoms with Gasteiger partial charge in [-0.2, -0.15) is 0 Å². The molecule has 26 heavy (non-hydrogen) atoms. The third-order valence-corrected chi connectivity index (χ3v) is 4.30. The van der Waals surface area contributed by atoms with Crippen molar-refractivity contribution in [1.82, 2.24) is 5.32 Å². The summed E-state index contributed by atoms with van der Waals surface area (Å²) in [6, 6.07) is 14.4. The Morgan fingerprint density at radius 2 is 1.88 bits per heavy atom. The Morgan fingerprint density at radius 1 is 1.19 bits per heavy atom. The largest absolute Gasteiger partial charge is 0.488 e. The van der Waals surface area contributed by atoms with Crippen molar-refractivity contribution in [2.75, 3.05) is 6.54 Å². The molecule has 0 saturated carbocycles. The number of para-hydroxylation sites is 1. The van der Waals surface area contributed by atoms with Gasteiger partial charge in [-0.25, -0.2) is 4.79 Å². The summed E-state index contributed by atoms with van der Waals surface area (Å²) in [5.41, 5.74) is 1.22. The van der Waals surface area contributed by atoms with E-state index in [1.54, 1.807) is 30.3 Å². The number of carbonyl (C=O) groups excluding carboxylic acids is 2. The maximum atomic E-state index is 12.4. The molecule has 0 aliphatic heterocycles. The van der Waals surface area contributed by atoms with E-state index in [9.17, 15) is 9.59 Å². The van der Waals surface area contributed by atoms with E-state index in [1.165, 1.54) is 6.92 Å². The first-order valence-electron chi connectivity index (χ1n) is 8.07. The molecule has 1 atom stereocenters. The molecule has 2 aromatic rings. The zero-order valence-corrected chi connectivity index (χ0v) is 16.0. The third kappa shape index (κ3) is 5.46. The van der Waals surface area contributed by atoms with E-state index in [0.29, 0.717) is 18.9 Å². The Bertz CT molecular complexity index is 791. The predicted molar refractivity (Wildman–Crippen MR) is 103 cm³/mol. The molecule has 0 unspecified atom stereocenters. The van der Waals surface area contributed by atoms with Gasteiger partial charge in [-0.3, -0.25) is 4.79 Å². The molecular formula is C20H20BrNO4. The second-order valence-electron chi connectivity index (χ2n) is 5.46. The average Bonchev–Trinajstić information content (AvgIpc) is 2.65. The van der Waals surface area contributed by atoms with Crippen molar-refractivity contribution in [3.05, 3.63) is 76.8 Å². The molecular weight excluding hydrogens is 398 g/mol. The van der Waals surface area contributed by atoms with E-state index in [2.05, 4.69) is 27.8 Å². The molecule has 0 aliphatic carbocycles. The zero-order chi connectivity index (χ0) is 18.9. The molecule has 2 rings (SSSR count). The van der Waals surface area contributed by atoms with Gasteiger partial charge in [0.2, 0.25) is 0 Å². The monoisotopic (exact) mass is 417 g/mol. The summed E-state index contributed by atoms with van der Waals surface area (Å²) in [7, 11) is 0. The summed E-state index contributed by atoms with van der Waals surface area (Å²) in [6.07, 6.45) is 0.635. The van der Waals surface area contributed by atoms with Crippen LogP contribution in [0, 0.1) is 0 Å². The van der Waals surface area contributed by atoms with E-state index < -0.39 is 12.1 Å². The summed E-state index contributed by atoms with van der Waals surface area (Å²) in [5.74, 6) is -0.606. The normalized spacial score (nSPS) is 11.3. The standard InChI is InChI=1S/C20H20BrNO4/c1-3-12-22-19(23)14(2)26-20(24)16-9-5-7-11-18(16)25-13-15-8-4-6-10-17(15)21/h3-11,14H,1,12-13H2,2H3,(H,22,23)/t14-/m1/s1. The summed E-state index contributed by atoms with van der Waals surface area (Å²) in [5, 5.41) is 2.59. The SMILES string of the molecule is C=CCNC(=O)[C@@H](C)OC(=O)c1ccccc1OCc1ccccc1Br. The molecule has 0 fully saturated rings. The number of benzene rings is 2. The average molecular weight is 418 g/mol. The van der Waals surface area contributed by atoms with Crippen molar-refractivity contribution in [1.29, 1.82) is 0 Å². The van der Waals surface area contributed by atoms with E-state index in [0.717, 1.165) is 10.0 Å². The van der Waals surface area contributed by atoms with Crippen molar-refractivity contribution < 1.29 is 19.1 Å². The summed E-state index contributed by atoms with van der Waals surface area (Å²) in [4.78, 5) is 24.3. The van der Waals surface area contributed by atoms with E-state index in [1.807, 2.05) is 24.3 Å². The fourth-order valence-electron chi connectivity index (χ4n) is 2.13. The predicted octanol–water partition coefficient (Wildman–Crippen LogP) is 3.88. The Balaban J connectivity index is 2.05. The van der Waals surface area contributed by atoms with Crippen LogP contribution in [-0.4, -0.2) is 24.5 Å². The quantitative estimate of drug-likeness (QED) is 0.522. The van der Waals surface area contributed by atoms with Gasteiger partial charge in [-0.15, -0.1) is 6.58 Å². The molecule has 0 saturated heterocycles. The highest BCUT2D eigenvalue weighted by Crippen LogP contribution is 2.23. The molecule has 136 valence electrons. The molecule has 5 nitrogen and oxygen atoms in total. The van der Waals surface area contributed by atoms with Crippen molar-refractivity contribution >= 4 is 27.8 Å². The molecule has 0 spiro atoms.